The van der Waals surface area contributed by atoms with Crippen LogP contribution in [-0.2, 0) is 0 Å². The van der Waals surface area contributed by atoms with Crippen molar-refractivity contribution in [2.75, 3.05) is 6.54 Å². The van der Waals surface area contributed by atoms with Crippen molar-refractivity contribution in [3.63, 3.8) is 0 Å². The van der Waals surface area contributed by atoms with Gasteiger partial charge in [0, 0.05) is 23.6 Å². The molecule has 0 radical (unpaired) electrons. The summed E-state index contributed by atoms with van der Waals surface area (Å²) < 4.78 is 1.91. The first kappa shape index (κ1) is 17.7. The van der Waals surface area contributed by atoms with E-state index < -0.39 is 0 Å². The Kier molecular flexibility index (Phi) is 6.04. The van der Waals surface area contributed by atoms with Gasteiger partial charge < -0.3 is 9.40 Å². The number of carbonyl (C=O) groups is 1. The zero-order chi connectivity index (χ0) is 18.2. The van der Waals surface area contributed by atoms with Crippen LogP contribution >= 0.6 is 0 Å². The topological polar surface area (TPSA) is 47.4 Å². The van der Waals surface area contributed by atoms with E-state index in [9.17, 15) is 4.79 Å². The fraction of sp³-hybridized carbons (Fsp3) is 0.238. The van der Waals surface area contributed by atoms with E-state index in [1.165, 1.54) is 5.06 Å². The van der Waals surface area contributed by atoms with Gasteiger partial charge in [-0.25, -0.2) is 4.98 Å². The molecule has 0 aliphatic rings. The van der Waals surface area contributed by atoms with E-state index in [-0.39, 0.29) is 5.91 Å². The molecule has 0 spiro atoms. The zero-order valence-corrected chi connectivity index (χ0v) is 14.9. The summed E-state index contributed by atoms with van der Waals surface area (Å²) in [6.07, 6.45) is 8.41. The van der Waals surface area contributed by atoms with Gasteiger partial charge in [-0.05, 0) is 42.8 Å². The monoisotopic (exact) mass is 349 g/mol. The minimum Gasteiger partial charge on any atom is -0.377 e. The lowest BCUT2D eigenvalue weighted by atomic mass is 10.2. The van der Waals surface area contributed by atoms with Gasteiger partial charge in [0.1, 0.15) is 0 Å². The molecule has 5 nitrogen and oxygen atoms in total. The third-order valence-corrected chi connectivity index (χ3v) is 4.07. The van der Waals surface area contributed by atoms with Crippen molar-refractivity contribution in [3.8, 4) is 11.4 Å². The maximum absolute atomic E-state index is 12.8. The van der Waals surface area contributed by atoms with E-state index in [1.54, 1.807) is 24.7 Å². The number of carbonyl (C=O) groups excluding carboxylic acids is 1. The molecule has 0 N–H and O–H groups in total. The van der Waals surface area contributed by atoms with Crippen LogP contribution in [0.4, 0.5) is 0 Å². The van der Waals surface area contributed by atoms with Gasteiger partial charge in [0.25, 0.3) is 5.91 Å². The van der Waals surface area contributed by atoms with E-state index in [1.807, 2.05) is 53.2 Å². The molecule has 3 aromatic rings. The van der Waals surface area contributed by atoms with Crippen LogP contribution in [0.5, 0.6) is 5.75 Å². The van der Waals surface area contributed by atoms with Crippen molar-refractivity contribution in [2.24, 2.45) is 0 Å². The quantitative estimate of drug-likeness (QED) is 0.444. The lowest BCUT2D eigenvalue weighted by Crippen LogP contribution is -2.35. The minimum atomic E-state index is -0.125. The average Bonchev–Trinajstić information content (AvgIpc) is 3.23. The molecule has 0 atom stereocenters. The van der Waals surface area contributed by atoms with Crippen LogP contribution in [0, 0.1) is 0 Å². The van der Waals surface area contributed by atoms with Crippen molar-refractivity contribution in [2.45, 2.75) is 26.2 Å². The number of aromatic nitrogens is 2. The number of hydrogen-bond acceptors (Lipinski definition) is 3. The van der Waals surface area contributed by atoms with Crippen molar-refractivity contribution < 1.29 is 9.63 Å². The molecule has 0 fully saturated rings. The lowest BCUT2D eigenvalue weighted by molar-refractivity contribution is -0.0339. The van der Waals surface area contributed by atoms with Gasteiger partial charge >= 0.3 is 0 Å². The molecule has 3 rings (SSSR count). The molecule has 0 saturated carbocycles. The van der Waals surface area contributed by atoms with Crippen molar-refractivity contribution in [1.82, 2.24) is 14.6 Å². The number of benzene rings is 2. The molecular formula is C21H23N3O2. The van der Waals surface area contributed by atoms with Gasteiger partial charge in [-0.15, -0.1) is 0 Å². The second kappa shape index (κ2) is 8.85. The third-order valence-electron chi connectivity index (χ3n) is 4.07. The predicted octanol–water partition coefficient (Wildman–Crippen LogP) is 4.50. The highest BCUT2D eigenvalue weighted by molar-refractivity contribution is 5.93. The second-order valence-corrected chi connectivity index (χ2v) is 6.04. The maximum Gasteiger partial charge on any atom is 0.286 e. The van der Waals surface area contributed by atoms with E-state index in [0.717, 1.165) is 24.9 Å². The smallest absolute Gasteiger partial charge is 0.286 e. The summed E-state index contributed by atoms with van der Waals surface area (Å²) in [5.41, 5.74) is 1.61. The first-order chi connectivity index (χ1) is 12.8. The average molecular weight is 349 g/mol. The SMILES string of the molecule is CCCCCN(Oc1ccc(-n2ccnc2)cc1)C(=O)c1ccccc1. The first-order valence-electron chi connectivity index (χ1n) is 8.91. The normalized spacial score (nSPS) is 10.5. The molecule has 0 aliphatic carbocycles. The van der Waals surface area contributed by atoms with Gasteiger partial charge in [0.05, 0.1) is 12.9 Å². The van der Waals surface area contributed by atoms with Crippen LogP contribution in [0.3, 0.4) is 0 Å². The Bertz CT molecular complexity index is 799. The van der Waals surface area contributed by atoms with Crippen molar-refractivity contribution in [1.29, 1.82) is 0 Å². The summed E-state index contributed by atoms with van der Waals surface area (Å²) in [5, 5.41) is 1.46. The molecule has 1 aromatic heterocycles. The van der Waals surface area contributed by atoms with Crippen LogP contribution in [-0.4, -0.2) is 27.1 Å². The highest BCUT2D eigenvalue weighted by Gasteiger charge is 2.17. The van der Waals surface area contributed by atoms with Gasteiger partial charge in [-0.2, -0.15) is 5.06 Å². The minimum absolute atomic E-state index is 0.125. The van der Waals surface area contributed by atoms with E-state index in [0.29, 0.717) is 17.9 Å². The number of nitrogens with zero attached hydrogens (tertiary/aromatic N) is 3. The van der Waals surface area contributed by atoms with Crippen molar-refractivity contribution >= 4 is 5.91 Å². The fourth-order valence-electron chi connectivity index (χ4n) is 2.64. The summed E-state index contributed by atoms with van der Waals surface area (Å²) in [4.78, 5) is 22.7. The third kappa shape index (κ3) is 4.51. The van der Waals surface area contributed by atoms with Crippen LogP contribution < -0.4 is 4.84 Å². The standard InChI is InChI=1S/C21H23N3O2/c1-2-3-7-15-24(21(25)18-8-5-4-6-9-18)26-20-12-10-19(11-13-20)23-16-14-22-17-23/h4-6,8-14,16-17H,2-3,7,15H2,1H3. The number of hydroxylamine groups is 2. The molecular weight excluding hydrogens is 326 g/mol. The Morgan fingerprint density at radius 2 is 1.85 bits per heavy atom. The Labute approximate surface area is 153 Å². The highest BCUT2D eigenvalue weighted by Crippen LogP contribution is 2.18. The molecule has 1 heterocycles. The maximum atomic E-state index is 12.8. The molecule has 0 bridgehead atoms. The molecule has 0 unspecified atom stereocenters. The fourth-order valence-corrected chi connectivity index (χ4v) is 2.64. The summed E-state index contributed by atoms with van der Waals surface area (Å²) in [6, 6.07) is 16.8. The predicted molar refractivity (Wildman–Crippen MR) is 101 cm³/mol. The Hall–Kier alpha value is -3.08. The molecule has 134 valence electrons. The first-order valence-corrected chi connectivity index (χ1v) is 8.91. The highest BCUT2D eigenvalue weighted by atomic mass is 16.7. The largest absolute Gasteiger partial charge is 0.377 e. The van der Waals surface area contributed by atoms with Crippen LogP contribution in [0.25, 0.3) is 5.69 Å². The molecule has 2 aromatic carbocycles. The number of rotatable bonds is 8. The molecule has 0 saturated heterocycles. The lowest BCUT2D eigenvalue weighted by Gasteiger charge is -2.22. The summed E-state index contributed by atoms with van der Waals surface area (Å²) in [5.74, 6) is 0.509. The number of hydrogen-bond donors (Lipinski definition) is 0. The van der Waals surface area contributed by atoms with Crippen LogP contribution in [0.1, 0.15) is 36.5 Å². The Balaban J connectivity index is 1.73. The van der Waals surface area contributed by atoms with Crippen LogP contribution in [0.2, 0.25) is 0 Å². The van der Waals surface area contributed by atoms with Crippen molar-refractivity contribution in [3.05, 3.63) is 78.9 Å². The number of amides is 1. The molecule has 0 aliphatic heterocycles. The summed E-state index contributed by atoms with van der Waals surface area (Å²) >= 11 is 0. The van der Waals surface area contributed by atoms with E-state index in [4.69, 9.17) is 4.84 Å². The van der Waals surface area contributed by atoms with E-state index in [2.05, 4.69) is 11.9 Å². The molecule has 26 heavy (non-hydrogen) atoms. The number of unbranched alkanes of at least 4 members (excludes halogenated alkanes) is 2. The second-order valence-electron chi connectivity index (χ2n) is 6.04. The van der Waals surface area contributed by atoms with Gasteiger partial charge in [-0.1, -0.05) is 38.0 Å². The van der Waals surface area contributed by atoms with Gasteiger partial charge in [-0.3, -0.25) is 4.79 Å². The molecule has 5 heteroatoms. The summed E-state index contributed by atoms with van der Waals surface area (Å²) in [7, 11) is 0. The zero-order valence-electron chi connectivity index (χ0n) is 14.9. The Morgan fingerprint density at radius 1 is 1.08 bits per heavy atom. The van der Waals surface area contributed by atoms with Gasteiger partial charge in [0.2, 0.25) is 0 Å². The Morgan fingerprint density at radius 3 is 2.50 bits per heavy atom. The number of imidazole rings is 1. The van der Waals surface area contributed by atoms with Crippen LogP contribution in [0.15, 0.2) is 73.3 Å². The van der Waals surface area contributed by atoms with E-state index >= 15 is 0 Å². The summed E-state index contributed by atoms with van der Waals surface area (Å²) in [6.45, 7) is 2.70. The molecule has 1 amide bonds. The van der Waals surface area contributed by atoms with Gasteiger partial charge in [0.15, 0.2) is 5.75 Å².